The van der Waals surface area contributed by atoms with Crippen LogP contribution in [0.3, 0.4) is 0 Å². The molecule has 0 saturated carbocycles. The third-order valence-corrected chi connectivity index (χ3v) is 1.88. The molecule has 0 saturated heterocycles. The minimum atomic E-state index is -0.883. The van der Waals surface area contributed by atoms with Crippen LogP contribution in [0.25, 0.3) is 0 Å². The first-order chi connectivity index (χ1) is 6.75. The highest BCUT2D eigenvalue weighted by Crippen LogP contribution is 2.09. The Morgan fingerprint density at radius 3 is 2.79 bits per heavy atom. The van der Waals surface area contributed by atoms with Crippen LogP contribution in [0.4, 0.5) is 8.78 Å². The first-order valence-corrected chi connectivity index (χ1v) is 4.78. The van der Waals surface area contributed by atoms with Gasteiger partial charge in [0.05, 0.1) is 5.56 Å². The summed E-state index contributed by atoms with van der Waals surface area (Å²) in [7, 11) is 0. The molecule has 0 fully saturated rings. The van der Waals surface area contributed by atoms with Gasteiger partial charge in [0.2, 0.25) is 0 Å². The fraction of sp³-hybridized carbons (Fsp3) is 0.273. The largest absolute Gasteiger partial charge is 0.204 e. The summed E-state index contributed by atoms with van der Waals surface area (Å²) in [6.45, 7) is 0. The van der Waals surface area contributed by atoms with Crippen molar-refractivity contribution < 1.29 is 8.78 Å². The number of alkyl halides is 1. The molecule has 1 aromatic carbocycles. The molecule has 0 radical (unpaired) electrons. The fourth-order valence-electron chi connectivity index (χ4n) is 0.913. The molecule has 0 N–H and O–H groups in total. The van der Waals surface area contributed by atoms with E-state index in [9.17, 15) is 8.78 Å². The maximum Gasteiger partial charge on any atom is 0.174 e. The molecule has 0 atom stereocenters. The predicted octanol–water partition coefficient (Wildman–Crippen LogP) is 3.34. The number of hydrogen-bond acceptors (Lipinski definition) is 0. The first kappa shape index (κ1) is 11.0. The van der Waals surface area contributed by atoms with Crippen molar-refractivity contribution in [3.63, 3.8) is 0 Å². The van der Waals surface area contributed by atoms with E-state index in [0.717, 1.165) is 12.5 Å². The SMILES string of the molecule is Fc1cccc(C#CCCCCl)c1F. The number of unbranched alkanes of at least 4 members (excludes halogenated alkanes) is 1. The van der Waals surface area contributed by atoms with Crippen molar-refractivity contribution in [3.8, 4) is 11.8 Å². The van der Waals surface area contributed by atoms with Crippen molar-refractivity contribution in [2.24, 2.45) is 0 Å². The van der Waals surface area contributed by atoms with Crippen LogP contribution >= 0.6 is 11.6 Å². The van der Waals surface area contributed by atoms with E-state index in [1.165, 1.54) is 12.1 Å². The molecule has 0 aromatic heterocycles. The maximum atomic E-state index is 13.0. The van der Waals surface area contributed by atoms with Crippen LogP contribution in [0.1, 0.15) is 18.4 Å². The molecule has 0 nitrogen and oxygen atoms in total. The van der Waals surface area contributed by atoms with Gasteiger partial charge in [0.1, 0.15) is 0 Å². The molecule has 1 rings (SSSR count). The minimum Gasteiger partial charge on any atom is -0.204 e. The number of rotatable bonds is 2. The van der Waals surface area contributed by atoms with E-state index in [1.54, 1.807) is 0 Å². The van der Waals surface area contributed by atoms with Gasteiger partial charge >= 0.3 is 0 Å². The van der Waals surface area contributed by atoms with Crippen LogP contribution in [-0.2, 0) is 0 Å². The highest BCUT2D eigenvalue weighted by molar-refractivity contribution is 6.17. The van der Waals surface area contributed by atoms with E-state index in [1.807, 2.05) is 0 Å². The molecule has 14 heavy (non-hydrogen) atoms. The van der Waals surface area contributed by atoms with Gasteiger partial charge in [-0.05, 0) is 18.6 Å². The highest BCUT2D eigenvalue weighted by Gasteiger charge is 2.03. The fourth-order valence-corrected chi connectivity index (χ4v) is 1.05. The highest BCUT2D eigenvalue weighted by atomic mass is 35.5. The zero-order chi connectivity index (χ0) is 10.4. The van der Waals surface area contributed by atoms with Crippen LogP contribution < -0.4 is 0 Å². The molecule has 0 aliphatic heterocycles. The zero-order valence-corrected chi connectivity index (χ0v) is 8.24. The van der Waals surface area contributed by atoms with Crippen molar-refractivity contribution in [3.05, 3.63) is 35.4 Å². The number of halogens is 3. The summed E-state index contributed by atoms with van der Waals surface area (Å²) in [6.07, 6.45) is 1.35. The quantitative estimate of drug-likeness (QED) is 0.403. The smallest absolute Gasteiger partial charge is 0.174 e. The summed E-state index contributed by atoms with van der Waals surface area (Å²) < 4.78 is 25.7. The molecule has 0 bridgehead atoms. The Morgan fingerprint density at radius 1 is 1.29 bits per heavy atom. The van der Waals surface area contributed by atoms with Gasteiger partial charge in [-0.15, -0.1) is 11.6 Å². The van der Waals surface area contributed by atoms with Crippen LogP contribution in [0.2, 0.25) is 0 Å². The lowest BCUT2D eigenvalue weighted by molar-refractivity contribution is 0.506. The van der Waals surface area contributed by atoms with Crippen molar-refractivity contribution in [1.29, 1.82) is 0 Å². The molecular weight excluding hydrogens is 206 g/mol. The van der Waals surface area contributed by atoms with E-state index in [2.05, 4.69) is 11.8 Å². The second-order valence-corrected chi connectivity index (χ2v) is 3.07. The molecule has 0 heterocycles. The van der Waals surface area contributed by atoms with Crippen molar-refractivity contribution >= 4 is 11.6 Å². The lowest BCUT2D eigenvalue weighted by Crippen LogP contribution is -1.88. The van der Waals surface area contributed by atoms with Crippen LogP contribution in [-0.4, -0.2) is 5.88 Å². The zero-order valence-electron chi connectivity index (χ0n) is 7.49. The van der Waals surface area contributed by atoms with Gasteiger partial charge in [-0.2, -0.15) is 0 Å². The van der Waals surface area contributed by atoms with Gasteiger partial charge in [0.25, 0.3) is 0 Å². The van der Waals surface area contributed by atoms with Gasteiger partial charge in [0.15, 0.2) is 11.6 Å². The number of hydrogen-bond donors (Lipinski definition) is 0. The second kappa shape index (κ2) is 5.62. The summed E-state index contributed by atoms with van der Waals surface area (Å²) in [5.74, 6) is 4.07. The van der Waals surface area contributed by atoms with Gasteiger partial charge in [-0.25, -0.2) is 8.78 Å². The Morgan fingerprint density at radius 2 is 2.07 bits per heavy atom. The predicted molar refractivity (Wildman–Crippen MR) is 53.2 cm³/mol. The molecule has 74 valence electrons. The lowest BCUT2D eigenvalue weighted by atomic mass is 10.2. The Kier molecular flexibility index (Phi) is 4.42. The third-order valence-electron chi connectivity index (χ3n) is 1.61. The summed E-state index contributed by atoms with van der Waals surface area (Å²) in [4.78, 5) is 0. The molecule has 0 amide bonds. The van der Waals surface area contributed by atoms with E-state index in [0.29, 0.717) is 12.3 Å². The number of benzene rings is 1. The molecule has 1 aromatic rings. The summed E-state index contributed by atoms with van der Waals surface area (Å²) in [5, 5.41) is 0. The Labute approximate surface area is 86.9 Å². The van der Waals surface area contributed by atoms with Crippen LogP contribution in [0, 0.1) is 23.5 Å². The molecular formula is C11H9ClF2. The van der Waals surface area contributed by atoms with Gasteiger partial charge in [-0.1, -0.05) is 17.9 Å². The third kappa shape index (κ3) is 3.01. The summed E-state index contributed by atoms with van der Waals surface area (Å²) in [5.41, 5.74) is 0.0968. The standard InChI is InChI=1S/C11H9ClF2/c12-8-3-1-2-5-9-6-4-7-10(13)11(9)14/h4,6-7H,1,3,8H2. The molecule has 3 heteroatoms. The average molecular weight is 215 g/mol. The second-order valence-electron chi connectivity index (χ2n) is 2.70. The van der Waals surface area contributed by atoms with Crippen molar-refractivity contribution in [2.75, 3.05) is 5.88 Å². The van der Waals surface area contributed by atoms with Crippen LogP contribution in [0.15, 0.2) is 18.2 Å². The van der Waals surface area contributed by atoms with Crippen molar-refractivity contribution in [2.45, 2.75) is 12.8 Å². The summed E-state index contributed by atoms with van der Waals surface area (Å²) >= 11 is 5.44. The van der Waals surface area contributed by atoms with Gasteiger partial charge in [-0.3, -0.25) is 0 Å². The van der Waals surface area contributed by atoms with E-state index in [-0.39, 0.29) is 5.56 Å². The summed E-state index contributed by atoms with van der Waals surface area (Å²) in [6, 6.07) is 3.95. The average Bonchev–Trinajstić information content (AvgIpc) is 2.19. The molecule has 0 unspecified atom stereocenters. The minimum absolute atomic E-state index is 0.0968. The molecule has 0 spiro atoms. The Balaban J connectivity index is 2.74. The Bertz CT molecular complexity index is 363. The van der Waals surface area contributed by atoms with Crippen molar-refractivity contribution in [1.82, 2.24) is 0 Å². The van der Waals surface area contributed by atoms with Gasteiger partial charge < -0.3 is 0 Å². The van der Waals surface area contributed by atoms with E-state index in [4.69, 9.17) is 11.6 Å². The monoisotopic (exact) mass is 214 g/mol. The maximum absolute atomic E-state index is 13.0. The van der Waals surface area contributed by atoms with Gasteiger partial charge in [0, 0.05) is 12.3 Å². The first-order valence-electron chi connectivity index (χ1n) is 4.24. The van der Waals surface area contributed by atoms with E-state index < -0.39 is 11.6 Å². The normalized spacial score (nSPS) is 9.36. The topological polar surface area (TPSA) is 0 Å². The molecule has 0 aliphatic rings. The Hall–Kier alpha value is -1.07. The molecule has 0 aliphatic carbocycles. The van der Waals surface area contributed by atoms with E-state index >= 15 is 0 Å². The van der Waals surface area contributed by atoms with Crippen LogP contribution in [0.5, 0.6) is 0 Å². The lowest BCUT2D eigenvalue weighted by Gasteiger charge is -1.94.